The first kappa shape index (κ1) is 14.2. The van der Waals surface area contributed by atoms with Crippen molar-refractivity contribution in [2.75, 3.05) is 0 Å². The van der Waals surface area contributed by atoms with Crippen LogP contribution in [0.1, 0.15) is 0 Å². The van der Waals surface area contributed by atoms with Crippen LogP contribution in [0.4, 0.5) is 17.6 Å². The lowest BCUT2D eigenvalue weighted by molar-refractivity contribution is 0.271. The molecule has 1 aromatic rings. The number of benzene rings is 1. The van der Waals surface area contributed by atoms with Crippen LogP contribution in [0.2, 0.25) is 0 Å². The highest BCUT2D eigenvalue weighted by Gasteiger charge is 2.31. The van der Waals surface area contributed by atoms with Crippen molar-refractivity contribution in [1.82, 2.24) is 0 Å². The highest BCUT2D eigenvalue weighted by atomic mass is 79.9. The molecular weight excluding hydrogens is 362 g/mol. The van der Waals surface area contributed by atoms with Crippen LogP contribution in [-0.4, -0.2) is 3.98 Å². The van der Waals surface area contributed by atoms with E-state index >= 15 is 0 Å². The number of ether oxygens (including phenoxy) is 1. The van der Waals surface area contributed by atoms with Crippen LogP contribution in [0.3, 0.4) is 0 Å². The van der Waals surface area contributed by atoms with Crippen molar-refractivity contribution >= 4 is 50.7 Å². The molecule has 1 nitrogen and oxygen atoms in total. The Labute approximate surface area is 110 Å². The molecule has 9 heteroatoms. The highest BCUT2D eigenvalue weighted by molar-refractivity contribution is 9.10. The van der Waals surface area contributed by atoms with Gasteiger partial charge in [-0.2, -0.15) is 8.78 Å². The Morgan fingerprint density at radius 2 is 1.25 bits per heavy atom. The summed E-state index contributed by atoms with van der Waals surface area (Å²) in [4.78, 5) is 0. The minimum absolute atomic E-state index is 1.01. The van der Waals surface area contributed by atoms with Crippen LogP contribution in [0.15, 0.2) is 4.47 Å². The van der Waals surface area contributed by atoms with Gasteiger partial charge in [-0.1, -0.05) is 0 Å². The third-order valence-electron chi connectivity index (χ3n) is 1.39. The van der Waals surface area contributed by atoms with Crippen LogP contribution in [0.5, 0.6) is 5.75 Å². The number of alkyl halides is 3. The first-order valence-electron chi connectivity index (χ1n) is 3.42. The SMILES string of the molecule is Fc1c(F)c(OC(Cl)(Cl)Cl)c(F)c(F)c1Br. The largest absolute Gasteiger partial charge is 0.439 e. The molecule has 0 aliphatic rings. The summed E-state index contributed by atoms with van der Waals surface area (Å²) in [5.74, 6) is -8.45. The van der Waals surface area contributed by atoms with E-state index in [1.807, 2.05) is 0 Å². The van der Waals surface area contributed by atoms with Crippen molar-refractivity contribution in [2.24, 2.45) is 0 Å². The molecule has 0 bridgehead atoms. The highest BCUT2D eigenvalue weighted by Crippen LogP contribution is 2.37. The Hall–Kier alpha value is 0.0900. The molecule has 0 heterocycles. The van der Waals surface area contributed by atoms with Gasteiger partial charge in [-0.25, -0.2) is 8.78 Å². The number of rotatable bonds is 1. The fourth-order valence-corrected chi connectivity index (χ4v) is 1.37. The number of hydrogen-bond acceptors (Lipinski definition) is 1. The van der Waals surface area contributed by atoms with Gasteiger partial charge in [0.05, 0.1) is 4.47 Å². The van der Waals surface area contributed by atoms with E-state index in [1.165, 1.54) is 0 Å². The second kappa shape index (κ2) is 4.76. The van der Waals surface area contributed by atoms with Gasteiger partial charge in [0.15, 0.2) is 11.6 Å². The van der Waals surface area contributed by atoms with Crippen molar-refractivity contribution < 1.29 is 22.3 Å². The zero-order valence-corrected chi connectivity index (χ0v) is 10.8. The van der Waals surface area contributed by atoms with Crippen molar-refractivity contribution in [3.63, 3.8) is 0 Å². The third-order valence-corrected chi connectivity index (χ3v) is 2.31. The zero-order chi connectivity index (χ0) is 12.7. The van der Waals surface area contributed by atoms with E-state index in [0.717, 1.165) is 0 Å². The number of halogens is 8. The van der Waals surface area contributed by atoms with Gasteiger partial charge in [0.1, 0.15) is 0 Å². The molecule has 0 unspecified atom stereocenters. The molecule has 90 valence electrons. The predicted octanol–water partition coefficient (Wildman–Crippen LogP) is 4.71. The fraction of sp³-hybridized carbons (Fsp3) is 0.143. The maximum absolute atomic E-state index is 13.1. The minimum atomic E-state index is -2.55. The summed E-state index contributed by atoms with van der Waals surface area (Å²) in [7, 11) is 0. The molecule has 0 N–H and O–H groups in total. The van der Waals surface area contributed by atoms with E-state index in [-0.39, 0.29) is 0 Å². The van der Waals surface area contributed by atoms with E-state index in [4.69, 9.17) is 34.8 Å². The van der Waals surface area contributed by atoms with E-state index in [1.54, 1.807) is 0 Å². The van der Waals surface area contributed by atoms with E-state index in [0.29, 0.717) is 0 Å². The van der Waals surface area contributed by atoms with E-state index in [9.17, 15) is 17.6 Å². The van der Waals surface area contributed by atoms with Crippen molar-refractivity contribution in [3.8, 4) is 5.75 Å². The summed E-state index contributed by atoms with van der Waals surface area (Å²) in [6.07, 6.45) is 0. The first-order chi connectivity index (χ1) is 7.15. The molecule has 0 saturated heterocycles. The van der Waals surface area contributed by atoms with Gasteiger partial charge < -0.3 is 4.74 Å². The van der Waals surface area contributed by atoms with Crippen LogP contribution in [-0.2, 0) is 0 Å². The Bertz CT molecular complexity index is 406. The van der Waals surface area contributed by atoms with Crippen LogP contribution in [0.25, 0.3) is 0 Å². The summed E-state index contributed by atoms with van der Waals surface area (Å²) in [6.45, 7) is 0. The summed E-state index contributed by atoms with van der Waals surface area (Å²) in [6, 6.07) is 0. The van der Waals surface area contributed by atoms with Gasteiger partial charge in [-0.3, -0.25) is 0 Å². The average molecular weight is 362 g/mol. The van der Waals surface area contributed by atoms with Crippen molar-refractivity contribution in [1.29, 1.82) is 0 Å². The molecule has 0 radical (unpaired) electrons. The lowest BCUT2D eigenvalue weighted by Gasteiger charge is -2.15. The van der Waals surface area contributed by atoms with E-state index in [2.05, 4.69) is 20.7 Å². The van der Waals surface area contributed by atoms with Gasteiger partial charge in [-0.15, -0.1) is 0 Å². The van der Waals surface area contributed by atoms with Gasteiger partial charge in [0.2, 0.25) is 17.4 Å². The topological polar surface area (TPSA) is 9.23 Å². The summed E-state index contributed by atoms with van der Waals surface area (Å²) < 4.78 is 52.7. The lowest BCUT2D eigenvalue weighted by atomic mass is 10.3. The molecule has 0 atom stereocenters. The molecule has 0 saturated carbocycles. The molecule has 0 aliphatic carbocycles. The average Bonchev–Trinajstić information content (AvgIpc) is 2.17. The molecule has 0 aromatic heterocycles. The lowest BCUT2D eigenvalue weighted by Crippen LogP contribution is -2.16. The predicted molar refractivity (Wildman–Crippen MR) is 54.9 cm³/mol. The normalized spacial score (nSPS) is 11.8. The quantitative estimate of drug-likeness (QED) is 0.304. The van der Waals surface area contributed by atoms with Crippen molar-refractivity contribution in [3.05, 3.63) is 27.7 Å². The maximum atomic E-state index is 13.1. The van der Waals surface area contributed by atoms with Crippen LogP contribution >= 0.6 is 50.7 Å². The molecule has 16 heavy (non-hydrogen) atoms. The van der Waals surface area contributed by atoms with Gasteiger partial charge in [0.25, 0.3) is 0 Å². The maximum Gasteiger partial charge on any atom is 0.338 e. The zero-order valence-electron chi connectivity index (χ0n) is 6.93. The molecule has 0 amide bonds. The van der Waals surface area contributed by atoms with Crippen molar-refractivity contribution in [2.45, 2.75) is 3.98 Å². The molecule has 1 rings (SSSR count). The van der Waals surface area contributed by atoms with Crippen LogP contribution in [0, 0.1) is 23.3 Å². The molecule has 1 aromatic carbocycles. The fourth-order valence-electron chi connectivity index (χ4n) is 0.790. The van der Waals surface area contributed by atoms with Gasteiger partial charge >= 0.3 is 3.98 Å². The molecule has 0 fully saturated rings. The van der Waals surface area contributed by atoms with Gasteiger partial charge in [0, 0.05) is 0 Å². The molecule has 0 spiro atoms. The minimum Gasteiger partial charge on any atom is -0.439 e. The third kappa shape index (κ3) is 2.85. The molecule has 0 aliphatic heterocycles. The summed E-state index contributed by atoms with van der Waals surface area (Å²) in [5.41, 5.74) is 0. The molecular formula is C7BrCl3F4O. The van der Waals surface area contributed by atoms with E-state index < -0.39 is 37.5 Å². The second-order valence-electron chi connectivity index (χ2n) is 2.45. The smallest absolute Gasteiger partial charge is 0.338 e. The Morgan fingerprint density at radius 1 is 0.875 bits per heavy atom. The Balaban J connectivity index is 3.40. The second-order valence-corrected chi connectivity index (χ2v) is 5.42. The standard InChI is InChI=1S/C7BrCl3F4O/c8-1-2(12)4(14)6(5(15)3(1)13)16-7(9,10)11. The number of hydrogen-bond donors (Lipinski definition) is 0. The summed E-state index contributed by atoms with van der Waals surface area (Å²) >= 11 is 17.5. The Morgan fingerprint density at radius 3 is 1.56 bits per heavy atom. The van der Waals surface area contributed by atoms with Gasteiger partial charge in [-0.05, 0) is 50.7 Å². The monoisotopic (exact) mass is 360 g/mol. The summed E-state index contributed by atoms with van der Waals surface area (Å²) in [5, 5.41) is 0. The Kier molecular flexibility index (Phi) is 4.21. The first-order valence-corrected chi connectivity index (χ1v) is 5.35. The van der Waals surface area contributed by atoms with Crippen LogP contribution < -0.4 is 4.74 Å².